The van der Waals surface area contributed by atoms with Crippen LogP contribution in [0.4, 0.5) is 13.2 Å². The van der Waals surface area contributed by atoms with E-state index in [1.165, 1.54) is 6.07 Å². The number of aliphatic imine (C=N–C) groups is 1. The Morgan fingerprint density at radius 1 is 0.907 bits per heavy atom. The van der Waals surface area contributed by atoms with Crippen molar-refractivity contribution in [2.24, 2.45) is 4.99 Å². The Morgan fingerprint density at radius 2 is 1.56 bits per heavy atom. The van der Waals surface area contributed by atoms with E-state index in [0.29, 0.717) is 48.6 Å². The van der Waals surface area contributed by atoms with Crippen molar-refractivity contribution in [3.8, 4) is 17.2 Å². The summed E-state index contributed by atoms with van der Waals surface area (Å²) in [6.07, 6.45) is -2.76. The van der Waals surface area contributed by atoms with Crippen molar-refractivity contribution in [1.29, 1.82) is 0 Å². The first kappa shape index (κ1) is 33.2. The van der Waals surface area contributed by atoms with Crippen molar-refractivity contribution < 1.29 is 41.2 Å². The van der Waals surface area contributed by atoms with Crippen molar-refractivity contribution in [3.05, 3.63) is 53.1 Å². The third-order valence-corrected chi connectivity index (χ3v) is 11.8. The van der Waals surface area contributed by atoms with Gasteiger partial charge in [-0.3, -0.25) is 4.57 Å². The SMILES string of the molecule is CC1=NC(CCc2ccc(OCCCc3ccc4c(c3)OCO4)c(C(F)(F)F)c2)(COP(=O)(C(C)(C)C)C(C)(C)C)CO1. The van der Waals surface area contributed by atoms with E-state index in [4.69, 9.17) is 23.5 Å². The number of rotatable bonds is 11. The van der Waals surface area contributed by atoms with E-state index in [1.54, 1.807) is 13.0 Å². The molecule has 0 radical (unpaired) electrons. The highest BCUT2D eigenvalue weighted by Gasteiger charge is 2.50. The molecule has 0 fully saturated rings. The highest BCUT2D eigenvalue weighted by Crippen LogP contribution is 2.68. The van der Waals surface area contributed by atoms with Crippen LogP contribution < -0.4 is 14.2 Å². The Hall–Kier alpha value is -2.71. The molecule has 0 N–H and O–H groups in total. The number of halogens is 3. The smallest absolute Gasteiger partial charge is 0.419 e. The minimum absolute atomic E-state index is 0.0485. The van der Waals surface area contributed by atoms with Gasteiger partial charge in [-0.25, -0.2) is 4.99 Å². The van der Waals surface area contributed by atoms with Crippen LogP contribution in [0.3, 0.4) is 0 Å². The first-order valence-electron chi connectivity index (χ1n) is 14.6. The van der Waals surface area contributed by atoms with Crippen LogP contribution >= 0.6 is 7.37 Å². The normalized spacial score (nSPS) is 18.9. The maximum Gasteiger partial charge on any atom is 0.419 e. The van der Waals surface area contributed by atoms with Crippen molar-refractivity contribution in [3.63, 3.8) is 0 Å². The van der Waals surface area contributed by atoms with E-state index in [-0.39, 0.29) is 32.4 Å². The monoisotopic (exact) mass is 625 g/mol. The fourth-order valence-corrected chi connectivity index (χ4v) is 8.74. The summed E-state index contributed by atoms with van der Waals surface area (Å²) in [5, 5.41) is -1.21. The van der Waals surface area contributed by atoms with Gasteiger partial charge < -0.3 is 23.5 Å². The largest absolute Gasteiger partial charge is 0.493 e. The van der Waals surface area contributed by atoms with Gasteiger partial charge in [0.1, 0.15) is 17.9 Å². The molecular formula is C32H43F3NO6P. The lowest BCUT2D eigenvalue weighted by atomic mass is 9.93. The number of hydrogen-bond donors (Lipinski definition) is 0. The fraction of sp³-hybridized carbons (Fsp3) is 0.594. The maximum atomic E-state index is 14.1. The molecule has 2 aromatic carbocycles. The minimum Gasteiger partial charge on any atom is -0.493 e. The molecule has 2 heterocycles. The Morgan fingerprint density at radius 3 is 2.19 bits per heavy atom. The molecule has 2 aliphatic heterocycles. The highest BCUT2D eigenvalue weighted by molar-refractivity contribution is 7.62. The molecule has 0 saturated heterocycles. The van der Waals surface area contributed by atoms with Gasteiger partial charge >= 0.3 is 6.18 Å². The van der Waals surface area contributed by atoms with Gasteiger partial charge in [0.15, 0.2) is 17.4 Å². The molecular weight excluding hydrogens is 582 g/mol. The van der Waals surface area contributed by atoms with E-state index >= 15 is 0 Å². The molecule has 0 aromatic heterocycles. The number of nitrogens with zero attached hydrogens (tertiary/aromatic N) is 1. The lowest BCUT2D eigenvalue weighted by molar-refractivity contribution is -0.139. The number of alkyl halides is 3. The quantitative estimate of drug-likeness (QED) is 0.184. The van der Waals surface area contributed by atoms with Crippen LogP contribution in [0.1, 0.15) is 78.0 Å². The predicted octanol–water partition coefficient (Wildman–Crippen LogP) is 8.46. The van der Waals surface area contributed by atoms with Gasteiger partial charge in [-0.2, -0.15) is 13.2 Å². The number of fused-ring (bicyclic) bond motifs is 1. The average molecular weight is 626 g/mol. The Labute approximate surface area is 252 Å². The van der Waals surface area contributed by atoms with E-state index in [0.717, 1.165) is 11.6 Å². The van der Waals surface area contributed by atoms with Crippen molar-refractivity contribution in [1.82, 2.24) is 0 Å². The standard InChI is InChI=1S/C32H43F3NO6P/c1-22-36-31(19-39-22,20-42-43(37,29(2,3)4)30(5,6)7)15-14-24-10-12-26(25(17-24)32(33,34)35)38-16-8-9-23-11-13-27-28(18-23)41-21-40-27/h10-13,17-18H,8-9,14-16,19-21H2,1-7H3. The van der Waals surface area contributed by atoms with Gasteiger partial charge in [-0.1, -0.05) is 53.7 Å². The molecule has 4 rings (SSSR count). The van der Waals surface area contributed by atoms with Crippen LogP contribution in [0.15, 0.2) is 41.4 Å². The summed E-state index contributed by atoms with van der Waals surface area (Å²) in [5.41, 5.74) is -0.176. The lowest BCUT2D eigenvalue weighted by Gasteiger charge is -2.41. The fourth-order valence-electron chi connectivity index (χ4n) is 5.53. The summed E-state index contributed by atoms with van der Waals surface area (Å²) in [5.74, 6) is 1.63. The Balaban J connectivity index is 1.42. The molecule has 11 heteroatoms. The molecule has 2 aromatic rings. The van der Waals surface area contributed by atoms with Gasteiger partial charge in [0.05, 0.1) is 18.8 Å². The average Bonchev–Trinajstić information content (AvgIpc) is 3.53. The van der Waals surface area contributed by atoms with Crippen LogP contribution in [0, 0.1) is 0 Å². The van der Waals surface area contributed by atoms with Gasteiger partial charge in [0, 0.05) is 17.2 Å². The van der Waals surface area contributed by atoms with Crippen molar-refractivity contribution in [2.45, 2.75) is 96.2 Å². The van der Waals surface area contributed by atoms with Crippen LogP contribution in [-0.2, 0) is 32.8 Å². The zero-order valence-electron chi connectivity index (χ0n) is 26.1. The van der Waals surface area contributed by atoms with E-state index in [9.17, 15) is 17.7 Å². The van der Waals surface area contributed by atoms with E-state index in [1.807, 2.05) is 59.7 Å². The molecule has 0 amide bonds. The topological polar surface area (TPSA) is 75.6 Å². The van der Waals surface area contributed by atoms with Gasteiger partial charge in [0.25, 0.3) is 0 Å². The molecule has 0 bridgehead atoms. The van der Waals surface area contributed by atoms with E-state index < -0.39 is 35.0 Å². The predicted molar refractivity (Wildman–Crippen MR) is 161 cm³/mol. The minimum atomic E-state index is -4.58. The number of hydrogen-bond acceptors (Lipinski definition) is 7. The molecule has 2 aliphatic rings. The summed E-state index contributed by atoms with van der Waals surface area (Å²) >= 11 is 0. The van der Waals surface area contributed by atoms with Crippen LogP contribution in [0.25, 0.3) is 0 Å². The molecule has 238 valence electrons. The van der Waals surface area contributed by atoms with Gasteiger partial charge in [-0.05, 0) is 61.1 Å². The summed E-state index contributed by atoms with van der Waals surface area (Å²) in [6, 6.07) is 9.79. The van der Waals surface area contributed by atoms with Gasteiger partial charge in [-0.15, -0.1) is 0 Å². The molecule has 0 aliphatic carbocycles. The van der Waals surface area contributed by atoms with Crippen LogP contribution in [-0.4, -0.2) is 48.4 Å². The first-order chi connectivity index (χ1) is 19.9. The summed E-state index contributed by atoms with van der Waals surface area (Å²) in [4.78, 5) is 4.67. The zero-order chi connectivity index (χ0) is 31.7. The molecule has 0 spiro atoms. The second kappa shape index (κ2) is 12.4. The van der Waals surface area contributed by atoms with Gasteiger partial charge in [0.2, 0.25) is 14.2 Å². The summed E-state index contributed by atoms with van der Waals surface area (Å²) < 4.78 is 84.5. The van der Waals surface area contributed by atoms with Crippen molar-refractivity contribution >= 4 is 13.3 Å². The Kier molecular flexibility index (Phi) is 9.53. The number of benzene rings is 2. The third-order valence-electron chi connectivity index (χ3n) is 7.76. The number of aryl methyl sites for hydroxylation is 2. The molecule has 7 nitrogen and oxygen atoms in total. The van der Waals surface area contributed by atoms with Crippen LogP contribution in [0.5, 0.6) is 17.2 Å². The zero-order valence-corrected chi connectivity index (χ0v) is 27.0. The van der Waals surface area contributed by atoms with Crippen molar-refractivity contribution in [2.75, 3.05) is 26.6 Å². The second-order valence-electron chi connectivity index (χ2n) is 13.3. The highest BCUT2D eigenvalue weighted by atomic mass is 31.2. The molecule has 43 heavy (non-hydrogen) atoms. The second-order valence-corrected chi connectivity index (χ2v) is 17.3. The summed E-state index contributed by atoms with van der Waals surface area (Å²) in [7, 11) is -3.17. The molecule has 0 saturated carbocycles. The molecule has 1 unspecified atom stereocenters. The summed E-state index contributed by atoms with van der Waals surface area (Å²) in [6.45, 7) is 13.7. The maximum absolute atomic E-state index is 14.1. The van der Waals surface area contributed by atoms with E-state index in [2.05, 4.69) is 4.99 Å². The number of ether oxygens (including phenoxy) is 4. The van der Waals surface area contributed by atoms with Crippen LogP contribution in [0.2, 0.25) is 0 Å². The molecule has 1 atom stereocenters. The first-order valence-corrected chi connectivity index (χ1v) is 16.2. The Bertz CT molecular complexity index is 1360. The third kappa shape index (κ3) is 7.69. The lowest BCUT2D eigenvalue weighted by Crippen LogP contribution is -2.38.